The Balaban J connectivity index is 2.39. The minimum atomic E-state index is 0.478. The van der Waals surface area contributed by atoms with E-state index < -0.39 is 0 Å². The first kappa shape index (κ1) is 15.8. The van der Waals surface area contributed by atoms with Crippen LogP contribution in [0.4, 0.5) is 0 Å². The van der Waals surface area contributed by atoms with Crippen LogP contribution in [0.1, 0.15) is 45.6 Å². The van der Waals surface area contributed by atoms with Gasteiger partial charge in [0.2, 0.25) is 0 Å². The van der Waals surface area contributed by atoms with Crippen LogP contribution in [-0.4, -0.2) is 19.2 Å². The standard InChI is InChI=1S/C17H27NO/c1-6-15(5)16-7-9-17(10-8-16)19-12-14(4)11-18-13(2)3/h7-10,13,15,18H,4,6,11-12H2,1-3,5H3. The third kappa shape index (κ3) is 5.93. The quantitative estimate of drug-likeness (QED) is 0.710. The summed E-state index contributed by atoms with van der Waals surface area (Å²) in [5.41, 5.74) is 2.44. The largest absolute Gasteiger partial charge is 0.489 e. The highest BCUT2D eigenvalue weighted by atomic mass is 16.5. The fourth-order valence-electron chi connectivity index (χ4n) is 1.71. The van der Waals surface area contributed by atoms with Crippen LogP contribution in [0.15, 0.2) is 36.4 Å². The Labute approximate surface area is 117 Å². The van der Waals surface area contributed by atoms with E-state index in [1.54, 1.807) is 0 Å². The van der Waals surface area contributed by atoms with Crippen molar-refractivity contribution >= 4 is 0 Å². The highest BCUT2D eigenvalue weighted by Gasteiger charge is 2.03. The summed E-state index contributed by atoms with van der Waals surface area (Å²) in [5, 5.41) is 3.33. The maximum atomic E-state index is 5.73. The van der Waals surface area contributed by atoms with Gasteiger partial charge < -0.3 is 10.1 Å². The Bertz CT molecular complexity index is 381. The predicted octanol–water partition coefficient (Wildman–Crippen LogP) is 4.13. The summed E-state index contributed by atoms with van der Waals surface area (Å²) in [4.78, 5) is 0. The molecule has 0 saturated carbocycles. The van der Waals surface area contributed by atoms with E-state index in [2.05, 4.69) is 51.7 Å². The number of hydrogen-bond acceptors (Lipinski definition) is 2. The molecule has 0 amide bonds. The first-order valence-corrected chi connectivity index (χ1v) is 7.15. The zero-order chi connectivity index (χ0) is 14.3. The molecule has 1 aromatic rings. The molecule has 1 unspecified atom stereocenters. The Kier molecular flexibility index (Phi) is 6.65. The van der Waals surface area contributed by atoms with Crippen molar-refractivity contribution in [3.8, 4) is 5.75 Å². The molecule has 1 aromatic carbocycles. The minimum absolute atomic E-state index is 0.478. The molecule has 0 fully saturated rings. The Morgan fingerprint density at radius 3 is 2.37 bits per heavy atom. The molecule has 0 saturated heterocycles. The summed E-state index contributed by atoms with van der Waals surface area (Å²) in [6, 6.07) is 8.87. The molecule has 0 bridgehead atoms. The van der Waals surface area contributed by atoms with E-state index in [4.69, 9.17) is 4.74 Å². The van der Waals surface area contributed by atoms with Crippen molar-refractivity contribution in [3.63, 3.8) is 0 Å². The molecule has 2 heteroatoms. The van der Waals surface area contributed by atoms with Crippen LogP contribution in [0.3, 0.4) is 0 Å². The molecule has 0 spiro atoms. The molecule has 0 aliphatic rings. The Morgan fingerprint density at radius 1 is 1.21 bits per heavy atom. The first-order valence-electron chi connectivity index (χ1n) is 7.15. The molecule has 19 heavy (non-hydrogen) atoms. The lowest BCUT2D eigenvalue weighted by atomic mass is 9.99. The second kappa shape index (κ2) is 8.00. The molecular weight excluding hydrogens is 234 g/mol. The molecule has 0 heterocycles. The summed E-state index contributed by atoms with van der Waals surface area (Å²) < 4.78 is 5.73. The summed E-state index contributed by atoms with van der Waals surface area (Å²) in [7, 11) is 0. The van der Waals surface area contributed by atoms with Crippen LogP contribution in [-0.2, 0) is 0 Å². The van der Waals surface area contributed by atoms with Gasteiger partial charge in [0.05, 0.1) is 0 Å². The summed E-state index contributed by atoms with van der Waals surface area (Å²) >= 11 is 0. The van der Waals surface area contributed by atoms with Crippen LogP contribution >= 0.6 is 0 Å². The average Bonchev–Trinajstić information content (AvgIpc) is 2.42. The van der Waals surface area contributed by atoms with Gasteiger partial charge in [-0.25, -0.2) is 0 Å². The van der Waals surface area contributed by atoms with E-state index in [0.717, 1.165) is 24.3 Å². The zero-order valence-corrected chi connectivity index (χ0v) is 12.7. The molecular formula is C17H27NO. The fraction of sp³-hybridized carbons (Fsp3) is 0.529. The summed E-state index contributed by atoms with van der Waals surface area (Å²) in [6.07, 6.45) is 1.16. The van der Waals surface area contributed by atoms with E-state index in [9.17, 15) is 0 Å². The maximum absolute atomic E-state index is 5.73. The highest BCUT2D eigenvalue weighted by Crippen LogP contribution is 2.21. The van der Waals surface area contributed by atoms with Crippen LogP contribution in [0.5, 0.6) is 5.75 Å². The van der Waals surface area contributed by atoms with Crippen molar-refractivity contribution in [2.75, 3.05) is 13.2 Å². The van der Waals surface area contributed by atoms with E-state index in [1.807, 2.05) is 12.1 Å². The Hall–Kier alpha value is -1.28. The maximum Gasteiger partial charge on any atom is 0.119 e. The molecule has 1 atom stereocenters. The third-order valence-corrected chi connectivity index (χ3v) is 3.26. The number of hydrogen-bond donors (Lipinski definition) is 1. The van der Waals surface area contributed by atoms with Gasteiger partial charge in [0.25, 0.3) is 0 Å². The second-order valence-electron chi connectivity index (χ2n) is 5.45. The summed E-state index contributed by atoms with van der Waals surface area (Å²) in [5.74, 6) is 1.53. The molecule has 0 radical (unpaired) electrons. The first-order chi connectivity index (χ1) is 9.02. The van der Waals surface area contributed by atoms with Crippen molar-refractivity contribution in [3.05, 3.63) is 42.0 Å². The number of nitrogens with one attached hydrogen (secondary N) is 1. The van der Waals surface area contributed by atoms with Gasteiger partial charge in [-0.1, -0.05) is 46.4 Å². The van der Waals surface area contributed by atoms with E-state index >= 15 is 0 Å². The van der Waals surface area contributed by atoms with Crippen molar-refractivity contribution < 1.29 is 4.74 Å². The molecule has 1 rings (SSSR count). The lowest BCUT2D eigenvalue weighted by molar-refractivity contribution is 0.347. The van der Waals surface area contributed by atoms with Gasteiger partial charge in [-0.15, -0.1) is 0 Å². The SMILES string of the molecule is C=C(CNC(C)C)COc1ccc(C(C)CC)cc1. The lowest BCUT2D eigenvalue weighted by Gasteiger charge is -2.13. The normalized spacial score (nSPS) is 12.5. The topological polar surface area (TPSA) is 21.3 Å². The molecule has 2 nitrogen and oxygen atoms in total. The van der Waals surface area contributed by atoms with Gasteiger partial charge >= 0.3 is 0 Å². The predicted molar refractivity (Wildman–Crippen MR) is 82.9 cm³/mol. The molecule has 0 aliphatic carbocycles. The molecule has 106 valence electrons. The van der Waals surface area contributed by atoms with Crippen molar-refractivity contribution in [1.82, 2.24) is 5.32 Å². The van der Waals surface area contributed by atoms with Gasteiger partial charge in [0, 0.05) is 12.6 Å². The van der Waals surface area contributed by atoms with Gasteiger partial charge in [0.1, 0.15) is 12.4 Å². The molecule has 1 N–H and O–H groups in total. The summed E-state index contributed by atoms with van der Waals surface area (Å²) in [6.45, 7) is 14.1. The smallest absolute Gasteiger partial charge is 0.119 e. The number of benzene rings is 1. The van der Waals surface area contributed by atoms with Gasteiger partial charge in [-0.05, 0) is 35.6 Å². The van der Waals surface area contributed by atoms with E-state index in [-0.39, 0.29) is 0 Å². The molecule has 0 aliphatic heterocycles. The minimum Gasteiger partial charge on any atom is -0.489 e. The van der Waals surface area contributed by atoms with Crippen LogP contribution < -0.4 is 10.1 Å². The van der Waals surface area contributed by atoms with Crippen molar-refractivity contribution in [2.45, 2.75) is 46.1 Å². The monoisotopic (exact) mass is 261 g/mol. The third-order valence-electron chi connectivity index (χ3n) is 3.26. The van der Waals surface area contributed by atoms with E-state index in [1.165, 1.54) is 5.56 Å². The van der Waals surface area contributed by atoms with E-state index in [0.29, 0.717) is 18.6 Å². The van der Waals surface area contributed by atoms with Crippen LogP contribution in [0.25, 0.3) is 0 Å². The average molecular weight is 261 g/mol. The van der Waals surface area contributed by atoms with Gasteiger partial charge in [-0.3, -0.25) is 0 Å². The lowest BCUT2D eigenvalue weighted by Crippen LogP contribution is -2.26. The number of ether oxygens (including phenoxy) is 1. The second-order valence-corrected chi connectivity index (χ2v) is 5.45. The highest BCUT2D eigenvalue weighted by molar-refractivity contribution is 5.29. The fourth-order valence-corrected chi connectivity index (χ4v) is 1.71. The van der Waals surface area contributed by atoms with Crippen molar-refractivity contribution in [1.29, 1.82) is 0 Å². The zero-order valence-electron chi connectivity index (χ0n) is 12.7. The van der Waals surface area contributed by atoms with Crippen molar-refractivity contribution in [2.24, 2.45) is 0 Å². The van der Waals surface area contributed by atoms with Crippen LogP contribution in [0, 0.1) is 0 Å². The van der Waals surface area contributed by atoms with Crippen LogP contribution in [0.2, 0.25) is 0 Å². The van der Waals surface area contributed by atoms with Gasteiger partial charge in [0.15, 0.2) is 0 Å². The Morgan fingerprint density at radius 2 is 1.84 bits per heavy atom. The van der Waals surface area contributed by atoms with Gasteiger partial charge in [-0.2, -0.15) is 0 Å². The number of rotatable bonds is 8. The molecule has 0 aromatic heterocycles.